The Hall–Kier alpha value is -4.42. The smallest absolute Gasteiger partial charge is 0.326 e. The van der Waals surface area contributed by atoms with Gasteiger partial charge < -0.3 is 10.2 Å². The first-order chi connectivity index (χ1) is 19.9. The number of amides is 4. The zero-order valence-electron chi connectivity index (χ0n) is 21.6. The van der Waals surface area contributed by atoms with Crippen LogP contribution in [0.2, 0.25) is 0 Å². The predicted octanol–water partition coefficient (Wildman–Crippen LogP) is 5.40. The van der Waals surface area contributed by atoms with Crippen LogP contribution in [0.4, 0.5) is 0 Å². The van der Waals surface area contributed by atoms with E-state index in [9.17, 15) is 39.0 Å². The van der Waals surface area contributed by atoms with Crippen molar-refractivity contribution in [2.75, 3.05) is 0 Å². The van der Waals surface area contributed by atoms with Crippen molar-refractivity contribution in [1.82, 2.24) is 9.80 Å². The number of imide groups is 2. The molecule has 0 saturated heterocycles. The van der Waals surface area contributed by atoms with Crippen molar-refractivity contribution in [3.63, 3.8) is 0 Å². The van der Waals surface area contributed by atoms with E-state index in [1.807, 2.05) is 0 Å². The second-order valence-electron chi connectivity index (χ2n) is 10.4. The minimum absolute atomic E-state index is 0.166. The molecule has 7 rings (SSSR count). The molecule has 5 aromatic rings. The summed E-state index contributed by atoms with van der Waals surface area (Å²) in [4.78, 5) is 79.1. The molecule has 10 nitrogen and oxygen atoms in total. The summed E-state index contributed by atoms with van der Waals surface area (Å²) in [6.07, 6.45) is 0. The van der Waals surface area contributed by atoms with Gasteiger partial charge in [-0.15, -0.1) is 0 Å². The summed E-state index contributed by atoms with van der Waals surface area (Å²) in [5.41, 5.74) is 0.691. The maximum absolute atomic E-state index is 13.6. The van der Waals surface area contributed by atoms with E-state index in [1.165, 1.54) is 13.8 Å². The van der Waals surface area contributed by atoms with Crippen molar-refractivity contribution in [3.8, 4) is 0 Å². The van der Waals surface area contributed by atoms with Gasteiger partial charge in [0.1, 0.15) is 12.1 Å². The molecule has 0 unspecified atom stereocenters. The van der Waals surface area contributed by atoms with Crippen LogP contribution in [0.1, 0.15) is 55.3 Å². The lowest BCUT2D eigenvalue weighted by atomic mass is 9.82. The maximum atomic E-state index is 13.6. The van der Waals surface area contributed by atoms with Gasteiger partial charge in [0.25, 0.3) is 23.6 Å². The number of nitrogens with zero attached hydrogens (tertiary/aromatic N) is 2. The molecule has 2 aliphatic rings. The fourth-order valence-corrected chi connectivity index (χ4v) is 7.61. The Balaban J connectivity index is 1.64. The molecular weight excluding hydrogens is 676 g/mol. The zero-order chi connectivity index (χ0) is 30.1. The van der Waals surface area contributed by atoms with Gasteiger partial charge in [-0.25, -0.2) is 9.59 Å². The van der Waals surface area contributed by atoms with Crippen LogP contribution in [0.15, 0.2) is 45.3 Å². The third-order valence-electron chi connectivity index (χ3n) is 8.29. The van der Waals surface area contributed by atoms with E-state index in [0.717, 1.165) is 9.80 Å². The van der Waals surface area contributed by atoms with Gasteiger partial charge in [0.15, 0.2) is 0 Å². The molecule has 0 aliphatic carbocycles. The molecule has 2 heterocycles. The van der Waals surface area contributed by atoms with Crippen LogP contribution in [0, 0.1) is 0 Å². The fraction of sp³-hybridized carbons (Fsp3) is 0.133. The lowest BCUT2D eigenvalue weighted by Crippen LogP contribution is -2.49. The molecule has 0 fully saturated rings. The SMILES string of the molecule is C[C@@H](C(=O)O)N1C(=O)c2ccc3c4c(Br)cc5c6c(ccc(c7c(Br)cc(c2c37)C1=O)c64)C(=O)N([C@@H](C)C(=O)O)C5=O. The summed E-state index contributed by atoms with van der Waals surface area (Å²) >= 11 is 7.19. The molecule has 2 aliphatic heterocycles. The van der Waals surface area contributed by atoms with E-state index in [1.54, 1.807) is 36.4 Å². The first-order valence-electron chi connectivity index (χ1n) is 12.7. The molecule has 0 radical (unpaired) electrons. The summed E-state index contributed by atoms with van der Waals surface area (Å²) < 4.78 is 0.984. The summed E-state index contributed by atoms with van der Waals surface area (Å²) in [5, 5.41) is 23.6. The van der Waals surface area contributed by atoms with Crippen molar-refractivity contribution in [2.45, 2.75) is 25.9 Å². The second kappa shape index (κ2) is 8.55. The van der Waals surface area contributed by atoms with Crippen LogP contribution in [-0.4, -0.2) is 67.7 Å². The number of hydrogen-bond donors (Lipinski definition) is 2. The van der Waals surface area contributed by atoms with Crippen LogP contribution < -0.4 is 0 Å². The summed E-state index contributed by atoms with van der Waals surface area (Å²) in [6, 6.07) is 6.86. The molecule has 0 saturated carbocycles. The number of hydrogen-bond acceptors (Lipinski definition) is 6. The highest BCUT2D eigenvalue weighted by molar-refractivity contribution is 9.11. The molecule has 208 valence electrons. The van der Waals surface area contributed by atoms with Crippen LogP contribution in [0.3, 0.4) is 0 Å². The quantitative estimate of drug-likeness (QED) is 0.145. The van der Waals surface area contributed by atoms with Crippen LogP contribution >= 0.6 is 31.9 Å². The van der Waals surface area contributed by atoms with E-state index < -0.39 is 47.7 Å². The third kappa shape index (κ3) is 3.08. The molecular formula is C30H16Br2N2O8. The van der Waals surface area contributed by atoms with Gasteiger partial charge in [0.2, 0.25) is 0 Å². The lowest BCUT2D eigenvalue weighted by Gasteiger charge is -2.32. The lowest BCUT2D eigenvalue weighted by molar-refractivity contribution is -0.141. The highest BCUT2D eigenvalue weighted by Crippen LogP contribution is 2.50. The highest BCUT2D eigenvalue weighted by Gasteiger charge is 2.42. The van der Waals surface area contributed by atoms with Crippen molar-refractivity contribution in [1.29, 1.82) is 0 Å². The van der Waals surface area contributed by atoms with Gasteiger partial charge in [0, 0.05) is 63.5 Å². The molecule has 0 aromatic heterocycles. The number of carbonyl (C=O) groups is 6. The van der Waals surface area contributed by atoms with Crippen molar-refractivity contribution < 1.29 is 39.0 Å². The second-order valence-corrected chi connectivity index (χ2v) is 12.1. The van der Waals surface area contributed by atoms with Gasteiger partial charge in [-0.2, -0.15) is 0 Å². The summed E-state index contributed by atoms with van der Waals surface area (Å²) in [7, 11) is 0. The Morgan fingerprint density at radius 3 is 1.24 bits per heavy atom. The molecule has 0 bridgehead atoms. The number of benzene rings is 5. The van der Waals surface area contributed by atoms with Crippen LogP contribution in [0.5, 0.6) is 0 Å². The summed E-state index contributed by atoms with van der Waals surface area (Å²) in [6.45, 7) is 2.55. The standard InChI is InChI=1S/C30H16Br2N2O8/c1-9(29(39)40)33-25(35)13-5-3-11-22-18(32)8-16-20-14(26(36)34(28(16)38)10(2)30(41)42)6-4-12(24(20)22)21-17(31)7-15(27(33)37)19(13)23(11)21/h3-10H,1-2H3,(H,39,40)(H,41,42)/t9-,10-/m0/s1. The zero-order valence-corrected chi connectivity index (χ0v) is 24.8. The Morgan fingerprint density at radius 1 is 0.571 bits per heavy atom. The number of carboxylic acids is 2. The van der Waals surface area contributed by atoms with Crippen molar-refractivity contribution >= 4 is 111 Å². The van der Waals surface area contributed by atoms with Crippen molar-refractivity contribution in [2.24, 2.45) is 0 Å². The molecule has 12 heteroatoms. The molecule has 4 amide bonds. The predicted molar refractivity (Wildman–Crippen MR) is 158 cm³/mol. The number of rotatable bonds is 4. The van der Waals surface area contributed by atoms with E-state index >= 15 is 0 Å². The minimum Gasteiger partial charge on any atom is -0.480 e. The van der Waals surface area contributed by atoms with Crippen LogP contribution in [-0.2, 0) is 9.59 Å². The average Bonchev–Trinajstić information content (AvgIpc) is 2.94. The van der Waals surface area contributed by atoms with Gasteiger partial charge in [0.05, 0.1) is 0 Å². The largest absolute Gasteiger partial charge is 0.480 e. The van der Waals surface area contributed by atoms with E-state index in [-0.39, 0.29) is 22.3 Å². The van der Waals surface area contributed by atoms with Gasteiger partial charge in [-0.1, -0.05) is 44.0 Å². The topological polar surface area (TPSA) is 149 Å². The van der Waals surface area contributed by atoms with E-state index in [0.29, 0.717) is 52.0 Å². The monoisotopic (exact) mass is 690 g/mol. The molecule has 2 N–H and O–H groups in total. The van der Waals surface area contributed by atoms with Crippen LogP contribution in [0.25, 0.3) is 43.1 Å². The number of carboxylic acid groups (broad SMARTS) is 2. The summed E-state index contributed by atoms with van der Waals surface area (Å²) in [5.74, 6) is -5.54. The Kier molecular flexibility index (Phi) is 5.39. The molecule has 2 atom stereocenters. The van der Waals surface area contributed by atoms with Gasteiger partial charge in [-0.05, 0) is 48.9 Å². The third-order valence-corrected chi connectivity index (χ3v) is 9.54. The van der Waals surface area contributed by atoms with E-state index in [4.69, 9.17) is 0 Å². The molecule has 5 aromatic carbocycles. The van der Waals surface area contributed by atoms with E-state index in [2.05, 4.69) is 31.9 Å². The molecule has 0 spiro atoms. The normalized spacial score (nSPS) is 16.4. The maximum Gasteiger partial charge on any atom is 0.326 e. The Labute approximate surface area is 252 Å². The number of aliphatic carboxylic acids is 2. The first-order valence-corrected chi connectivity index (χ1v) is 14.3. The molecule has 42 heavy (non-hydrogen) atoms. The van der Waals surface area contributed by atoms with Gasteiger partial charge in [-0.3, -0.25) is 29.0 Å². The van der Waals surface area contributed by atoms with Crippen molar-refractivity contribution in [3.05, 3.63) is 67.6 Å². The average molecular weight is 692 g/mol. The van der Waals surface area contributed by atoms with Gasteiger partial charge >= 0.3 is 11.9 Å². The number of carbonyl (C=O) groups excluding carboxylic acids is 4. The fourth-order valence-electron chi connectivity index (χ4n) is 6.33. The highest BCUT2D eigenvalue weighted by atomic mass is 79.9. The minimum atomic E-state index is -1.39. The number of fused-ring (bicyclic) bond motifs is 2. The first kappa shape index (κ1) is 26.5. The number of halogens is 2. The Morgan fingerprint density at radius 2 is 0.905 bits per heavy atom. The Bertz CT molecular complexity index is 2050.